The lowest BCUT2D eigenvalue weighted by Crippen LogP contribution is -2.32. The number of aromatic nitrogens is 3. The van der Waals surface area contributed by atoms with Gasteiger partial charge in [-0.05, 0) is 54.7 Å². The highest BCUT2D eigenvalue weighted by Crippen LogP contribution is 2.35. The molecule has 4 aromatic rings. The van der Waals surface area contributed by atoms with Crippen LogP contribution >= 0.6 is 0 Å². The minimum Gasteiger partial charge on any atom is -0.341 e. The maximum atomic E-state index is 9.59. The van der Waals surface area contributed by atoms with Crippen molar-refractivity contribution >= 4 is 11.0 Å². The zero-order valence-electron chi connectivity index (χ0n) is 16.8. The van der Waals surface area contributed by atoms with Gasteiger partial charge in [0.05, 0.1) is 40.9 Å². The fourth-order valence-electron chi connectivity index (χ4n) is 4.48. The van der Waals surface area contributed by atoms with Gasteiger partial charge in [0.1, 0.15) is 5.82 Å². The van der Waals surface area contributed by atoms with Gasteiger partial charge in [-0.15, -0.1) is 0 Å². The molecule has 1 N–H and O–H groups in total. The van der Waals surface area contributed by atoms with Crippen LogP contribution in [0.2, 0.25) is 0 Å². The zero-order chi connectivity index (χ0) is 20.3. The van der Waals surface area contributed by atoms with E-state index >= 15 is 0 Å². The Bertz CT molecular complexity index is 1190. The van der Waals surface area contributed by atoms with Crippen molar-refractivity contribution in [3.05, 3.63) is 95.1 Å². The van der Waals surface area contributed by atoms with Crippen LogP contribution in [0.25, 0.3) is 11.0 Å². The average molecular weight is 393 g/mol. The summed E-state index contributed by atoms with van der Waals surface area (Å²) in [4.78, 5) is 15.4. The summed E-state index contributed by atoms with van der Waals surface area (Å²) in [5.41, 5.74) is 6.29. The number of hydrogen-bond acceptors (Lipinski definition) is 4. The molecule has 5 heteroatoms. The smallest absolute Gasteiger partial charge is 0.121 e. The number of benzene rings is 2. The number of pyridine rings is 1. The second-order valence-corrected chi connectivity index (χ2v) is 7.83. The second kappa shape index (κ2) is 8.10. The average Bonchev–Trinajstić information content (AvgIpc) is 3.21. The number of imidazole rings is 1. The summed E-state index contributed by atoms with van der Waals surface area (Å²) in [6.45, 7) is 1.36. The second-order valence-electron chi connectivity index (χ2n) is 7.83. The highest BCUT2D eigenvalue weighted by molar-refractivity contribution is 5.74. The minimum absolute atomic E-state index is 0.204. The van der Waals surface area contributed by atoms with Crippen LogP contribution in [-0.4, -0.2) is 19.9 Å². The van der Waals surface area contributed by atoms with Crippen LogP contribution in [0, 0.1) is 11.3 Å². The van der Waals surface area contributed by atoms with E-state index in [0.29, 0.717) is 13.1 Å². The van der Waals surface area contributed by atoms with Gasteiger partial charge in [-0.3, -0.25) is 9.88 Å². The first kappa shape index (κ1) is 18.5. The van der Waals surface area contributed by atoms with Gasteiger partial charge in [0, 0.05) is 12.7 Å². The van der Waals surface area contributed by atoms with Crippen molar-refractivity contribution in [3.8, 4) is 6.07 Å². The first-order valence-corrected chi connectivity index (χ1v) is 10.4. The summed E-state index contributed by atoms with van der Waals surface area (Å²) in [5, 5.41) is 9.59. The van der Waals surface area contributed by atoms with Gasteiger partial charge in [0.25, 0.3) is 0 Å². The van der Waals surface area contributed by atoms with Crippen LogP contribution in [0.1, 0.15) is 47.1 Å². The van der Waals surface area contributed by atoms with Gasteiger partial charge in [0.15, 0.2) is 0 Å². The molecule has 1 unspecified atom stereocenters. The Balaban J connectivity index is 1.53. The van der Waals surface area contributed by atoms with Crippen LogP contribution in [0.15, 0.2) is 66.9 Å². The normalized spacial score (nSPS) is 15.8. The summed E-state index contributed by atoms with van der Waals surface area (Å²) in [6, 6.07) is 22.7. The fraction of sp³-hybridized carbons (Fsp3) is 0.240. The third-order valence-electron chi connectivity index (χ3n) is 5.91. The molecule has 0 fully saturated rings. The lowest BCUT2D eigenvalue weighted by molar-refractivity contribution is 0.153. The van der Waals surface area contributed by atoms with E-state index in [1.54, 1.807) is 0 Å². The van der Waals surface area contributed by atoms with E-state index in [0.717, 1.165) is 52.9 Å². The molecule has 5 nitrogen and oxygen atoms in total. The van der Waals surface area contributed by atoms with Gasteiger partial charge >= 0.3 is 0 Å². The molecule has 0 saturated heterocycles. The molecule has 148 valence electrons. The summed E-state index contributed by atoms with van der Waals surface area (Å²) in [5.74, 6) is 0.939. The number of rotatable bonds is 5. The Morgan fingerprint density at radius 2 is 1.90 bits per heavy atom. The molecular weight excluding hydrogens is 370 g/mol. The number of hydrogen-bond donors (Lipinski definition) is 1. The Kier molecular flexibility index (Phi) is 5.00. The Morgan fingerprint density at radius 1 is 1.03 bits per heavy atom. The molecule has 0 spiro atoms. The zero-order valence-corrected chi connectivity index (χ0v) is 16.8. The number of para-hydroxylation sites is 2. The minimum atomic E-state index is 0.204. The largest absolute Gasteiger partial charge is 0.341 e. The maximum Gasteiger partial charge on any atom is 0.121 e. The van der Waals surface area contributed by atoms with E-state index < -0.39 is 0 Å². The lowest BCUT2D eigenvalue weighted by Gasteiger charge is -2.34. The Hall–Kier alpha value is -3.49. The van der Waals surface area contributed by atoms with E-state index in [9.17, 15) is 5.26 Å². The highest BCUT2D eigenvalue weighted by Gasteiger charge is 2.28. The third kappa shape index (κ3) is 3.58. The van der Waals surface area contributed by atoms with Gasteiger partial charge in [0.2, 0.25) is 0 Å². The quantitative estimate of drug-likeness (QED) is 0.523. The molecule has 2 aromatic carbocycles. The lowest BCUT2D eigenvalue weighted by atomic mass is 9.90. The van der Waals surface area contributed by atoms with E-state index in [1.165, 1.54) is 5.56 Å². The molecule has 5 rings (SSSR count). The summed E-state index contributed by atoms with van der Waals surface area (Å²) in [7, 11) is 0. The van der Waals surface area contributed by atoms with Gasteiger partial charge in [-0.25, -0.2) is 4.98 Å². The van der Waals surface area contributed by atoms with Crippen molar-refractivity contribution in [3.63, 3.8) is 0 Å². The standard InChI is InChI=1S/C25H23N5/c26-15-19-7-1-2-8-20(19)16-30(17-24-28-21-11-3-4-12-22(21)29-24)23-13-5-9-18-10-6-14-27-25(18)23/h1-4,6-8,10-12,14,23H,5,9,13,16-17H2,(H,28,29). The van der Waals surface area contributed by atoms with E-state index in [4.69, 9.17) is 9.97 Å². The maximum absolute atomic E-state index is 9.59. The molecule has 0 saturated carbocycles. The molecule has 0 radical (unpaired) electrons. The summed E-state index contributed by atoms with van der Waals surface area (Å²) in [6.07, 6.45) is 5.16. The van der Waals surface area contributed by atoms with Crippen LogP contribution in [0.3, 0.4) is 0 Å². The molecule has 1 atom stereocenters. The van der Waals surface area contributed by atoms with Crippen molar-refractivity contribution < 1.29 is 0 Å². The summed E-state index contributed by atoms with van der Waals surface area (Å²) < 4.78 is 0. The summed E-state index contributed by atoms with van der Waals surface area (Å²) >= 11 is 0. The Labute approximate surface area is 176 Å². The van der Waals surface area contributed by atoms with E-state index in [1.807, 2.05) is 54.7 Å². The monoisotopic (exact) mass is 393 g/mol. The van der Waals surface area contributed by atoms with Crippen LogP contribution in [0.4, 0.5) is 0 Å². The molecule has 1 aliphatic rings. The van der Waals surface area contributed by atoms with Crippen molar-refractivity contribution in [1.82, 2.24) is 19.9 Å². The third-order valence-corrected chi connectivity index (χ3v) is 5.91. The molecular formula is C25H23N5. The number of H-pyrrole nitrogens is 1. The Morgan fingerprint density at radius 3 is 2.80 bits per heavy atom. The predicted octanol–water partition coefficient (Wildman–Crippen LogP) is 4.91. The molecule has 0 aliphatic heterocycles. The number of nitriles is 1. The topological polar surface area (TPSA) is 68.6 Å². The molecule has 2 aromatic heterocycles. The first-order chi connectivity index (χ1) is 14.8. The fourth-order valence-corrected chi connectivity index (χ4v) is 4.48. The molecule has 1 aliphatic carbocycles. The predicted molar refractivity (Wildman–Crippen MR) is 116 cm³/mol. The van der Waals surface area contributed by atoms with Crippen molar-refractivity contribution in [2.45, 2.75) is 38.4 Å². The molecule has 0 bridgehead atoms. The number of nitrogens with one attached hydrogen (secondary N) is 1. The van der Waals surface area contributed by atoms with Gasteiger partial charge in [-0.2, -0.15) is 5.26 Å². The van der Waals surface area contributed by atoms with Crippen LogP contribution < -0.4 is 0 Å². The SMILES string of the molecule is N#Cc1ccccc1CN(Cc1nc2ccccc2[nH]1)C1CCCc2cccnc21. The number of aryl methyl sites for hydroxylation is 1. The van der Waals surface area contributed by atoms with Crippen LogP contribution in [0.5, 0.6) is 0 Å². The van der Waals surface area contributed by atoms with Crippen LogP contribution in [-0.2, 0) is 19.5 Å². The van der Waals surface area contributed by atoms with Crippen molar-refractivity contribution in [2.75, 3.05) is 0 Å². The number of fused-ring (bicyclic) bond motifs is 2. The highest BCUT2D eigenvalue weighted by atomic mass is 15.2. The van der Waals surface area contributed by atoms with E-state index in [-0.39, 0.29) is 6.04 Å². The molecule has 2 heterocycles. The van der Waals surface area contributed by atoms with E-state index in [2.05, 4.69) is 28.1 Å². The van der Waals surface area contributed by atoms with Crippen molar-refractivity contribution in [1.29, 1.82) is 5.26 Å². The van der Waals surface area contributed by atoms with Gasteiger partial charge in [-0.1, -0.05) is 36.4 Å². The molecule has 0 amide bonds. The number of nitrogens with zero attached hydrogens (tertiary/aromatic N) is 4. The first-order valence-electron chi connectivity index (χ1n) is 10.4. The van der Waals surface area contributed by atoms with Crippen molar-refractivity contribution in [2.24, 2.45) is 0 Å². The number of aromatic amines is 1. The van der Waals surface area contributed by atoms with Gasteiger partial charge < -0.3 is 4.98 Å². The molecule has 30 heavy (non-hydrogen) atoms.